The number of hydrogen-bond acceptors (Lipinski definition) is 9. The van der Waals surface area contributed by atoms with Crippen LogP contribution in [0.3, 0.4) is 0 Å². The smallest absolute Gasteiger partial charge is 0.323 e. The molecule has 10 nitrogen and oxygen atoms in total. The van der Waals surface area contributed by atoms with E-state index in [9.17, 15) is 10.1 Å². The molecule has 3 aromatic rings. The number of nitro groups is 1. The highest BCUT2D eigenvalue weighted by atomic mass is 16.6. The van der Waals surface area contributed by atoms with Crippen LogP contribution in [0.5, 0.6) is 11.5 Å². The van der Waals surface area contributed by atoms with Gasteiger partial charge in [-0.15, -0.1) is 0 Å². The molecular formula is C16H17N5O5. The largest absolute Gasteiger partial charge is 0.497 e. The molecule has 0 saturated carbocycles. The van der Waals surface area contributed by atoms with Gasteiger partial charge in [0.15, 0.2) is 5.52 Å². The summed E-state index contributed by atoms with van der Waals surface area (Å²) in [6.45, 7) is 0. The van der Waals surface area contributed by atoms with E-state index in [1.165, 1.54) is 0 Å². The van der Waals surface area contributed by atoms with Gasteiger partial charge in [-0.25, -0.2) is 4.63 Å². The van der Waals surface area contributed by atoms with Crippen molar-refractivity contribution in [3.63, 3.8) is 0 Å². The van der Waals surface area contributed by atoms with E-state index in [0.29, 0.717) is 28.6 Å². The fourth-order valence-electron chi connectivity index (χ4n) is 2.59. The van der Waals surface area contributed by atoms with Crippen molar-refractivity contribution in [2.75, 3.05) is 38.5 Å². The molecule has 136 valence electrons. The lowest BCUT2D eigenvalue weighted by molar-refractivity contribution is -0.382. The maximum Gasteiger partial charge on any atom is 0.323 e. The van der Waals surface area contributed by atoms with E-state index >= 15 is 0 Å². The van der Waals surface area contributed by atoms with Crippen LogP contribution in [-0.2, 0) is 0 Å². The van der Waals surface area contributed by atoms with Gasteiger partial charge in [-0.05, 0) is 28.5 Å². The number of nitrogens with zero attached hydrogens (tertiary/aromatic N) is 4. The molecular weight excluding hydrogens is 342 g/mol. The Balaban J connectivity index is 2.19. The molecule has 1 aromatic heterocycles. The molecule has 0 bridgehead atoms. The molecule has 0 aliphatic heterocycles. The second-order valence-corrected chi connectivity index (χ2v) is 5.60. The minimum absolute atomic E-state index is 0.0607. The van der Waals surface area contributed by atoms with Crippen LogP contribution < -0.4 is 19.7 Å². The van der Waals surface area contributed by atoms with Crippen LogP contribution in [0.15, 0.2) is 28.9 Å². The first kappa shape index (κ1) is 17.3. The van der Waals surface area contributed by atoms with E-state index in [-0.39, 0.29) is 16.7 Å². The first-order valence-electron chi connectivity index (χ1n) is 7.56. The van der Waals surface area contributed by atoms with Gasteiger partial charge in [0, 0.05) is 20.2 Å². The Bertz CT molecular complexity index is 969. The standard InChI is InChI=1S/C16H17N5O5/c1-20(2)12-8-11(14-15(19-26-18-14)16(12)21(22)23)17-10-7-9(24-3)5-6-13(10)25-4/h5-8,17H,1-4H3. The van der Waals surface area contributed by atoms with E-state index < -0.39 is 4.92 Å². The first-order valence-corrected chi connectivity index (χ1v) is 7.56. The van der Waals surface area contributed by atoms with Crippen LogP contribution in [0.1, 0.15) is 0 Å². The average molecular weight is 359 g/mol. The summed E-state index contributed by atoms with van der Waals surface area (Å²) in [5.74, 6) is 1.19. The zero-order chi connectivity index (χ0) is 18.8. The molecule has 2 aromatic carbocycles. The van der Waals surface area contributed by atoms with E-state index in [4.69, 9.17) is 14.1 Å². The van der Waals surface area contributed by atoms with Crippen molar-refractivity contribution in [2.45, 2.75) is 0 Å². The van der Waals surface area contributed by atoms with Gasteiger partial charge in [-0.2, -0.15) is 0 Å². The summed E-state index contributed by atoms with van der Waals surface area (Å²) in [6.07, 6.45) is 0. The number of anilines is 3. The predicted molar refractivity (Wildman–Crippen MR) is 95.6 cm³/mol. The number of hydrogen-bond donors (Lipinski definition) is 1. The van der Waals surface area contributed by atoms with Gasteiger partial charge in [-0.1, -0.05) is 0 Å². The summed E-state index contributed by atoms with van der Waals surface area (Å²) in [4.78, 5) is 12.6. The molecule has 0 saturated heterocycles. The number of rotatable bonds is 6. The molecule has 3 rings (SSSR count). The third kappa shape index (κ3) is 2.92. The second-order valence-electron chi connectivity index (χ2n) is 5.60. The Morgan fingerprint density at radius 3 is 2.46 bits per heavy atom. The van der Waals surface area contributed by atoms with Gasteiger partial charge in [0.2, 0.25) is 5.52 Å². The lowest BCUT2D eigenvalue weighted by Gasteiger charge is -2.16. The minimum Gasteiger partial charge on any atom is -0.497 e. The highest BCUT2D eigenvalue weighted by Gasteiger charge is 2.27. The van der Waals surface area contributed by atoms with Gasteiger partial charge < -0.3 is 19.7 Å². The van der Waals surface area contributed by atoms with Crippen LogP contribution in [0, 0.1) is 10.1 Å². The Labute approximate surface area is 148 Å². The molecule has 0 amide bonds. The summed E-state index contributed by atoms with van der Waals surface area (Å²) in [5.41, 5.74) is 1.59. The van der Waals surface area contributed by atoms with E-state index in [2.05, 4.69) is 15.6 Å². The van der Waals surface area contributed by atoms with Crippen molar-refractivity contribution in [3.05, 3.63) is 34.4 Å². The molecule has 0 spiro atoms. The summed E-state index contributed by atoms with van der Waals surface area (Å²) < 4.78 is 15.3. The molecule has 0 aliphatic carbocycles. The molecule has 0 aliphatic rings. The van der Waals surface area contributed by atoms with Crippen molar-refractivity contribution < 1.29 is 19.0 Å². The van der Waals surface area contributed by atoms with E-state index in [0.717, 1.165) is 0 Å². The van der Waals surface area contributed by atoms with Crippen molar-refractivity contribution in [3.8, 4) is 11.5 Å². The van der Waals surface area contributed by atoms with Gasteiger partial charge in [0.05, 0.1) is 30.5 Å². The number of aromatic nitrogens is 2. The Hall–Kier alpha value is -3.56. The number of fused-ring (bicyclic) bond motifs is 1. The Morgan fingerprint density at radius 1 is 1.12 bits per heavy atom. The average Bonchev–Trinajstić information content (AvgIpc) is 3.10. The molecule has 1 heterocycles. The molecule has 0 fully saturated rings. The van der Waals surface area contributed by atoms with E-state index in [1.54, 1.807) is 57.5 Å². The lowest BCUT2D eigenvalue weighted by Crippen LogP contribution is -2.12. The molecule has 10 heteroatoms. The summed E-state index contributed by atoms with van der Waals surface area (Å²) in [7, 11) is 6.51. The number of nitrogens with one attached hydrogen (secondary N) is 1. The monoisotopic (exact) mass is 359 g/mol. The van der Waals surface area contributed by atoms with Gasteiger partial charge in [0.1, 0.15) is 17.2 Å². The van der Waals surface area contributed by atoms with Gasteiger partial charge in [-0.3, -0.25) is 10.1 Å². The maximum atomic E-state index is 11.5. The van der Waals surface area contributed by atoms with Crippen molar-refractivity contribution in [1.82, 2.24) is 10.3 Å². The topological polar surface area (TPSA) is 116 Å². The van der Waals surface area contributed by atoms with Crippen molar-refractivity contribution in [2.24, 2.45) is 0 Å². The Morgan fingerprint density at radius 2 is 1.85 bits per heavy atom. The zero-order valence-electron chi connectivity index (χ0n) is 14.6. The predicted octanol–water partition coefficient (Wildman–Crippen LogP) is 2.96. The molecule has 0 unspecified atom stereocenters. The molecule has 0 radical (unpaired) electrons. The number of benzene rings is 2. The molecule has 26 heavy (non-hydrogen) atoms. The first-order chi connectivity index (χ1) is 12.5. The highest BCUT2D eigenvalue weighted by Crippen LogP contribution is 2.40. The van der Waals surface area contributed by atoms with Crippen LogP contribution in [0.2, 0.25) is 0 Å². The van der Waals surface area contributed by atoms with Crippen molar-refractivity contribution >= 4 is 33.8 Å². The SMILES string of the molecule is COc1ccc(OC)c(Nc2cc(N(C)C)c([N+](=O)[O-])c3nonc23)c1. The normalized spacial score (nSPS) is 10.6. The molecule has 1 N–H and O–H groups in total. The number of nitro benzene ring substituents is 1. The fraction of sp³-hybridized carbons (Fsp3) is 0.250. The summed E-state index contributed by atoms with van der Waals surface area (Å²) in [6, 6.07) is 6.87. The second kappa shape index (κ2) is 6.75. The summed E-state index contributed by atoms with van der Waals surface area (Å²) in [5, 5.41) is 22.2. The third-order valence-corrected chi connectivity index (χ3v) is 3.83. The van der Waals surface area contributed by atoms with Crippen LogP contribution in [0.4, 0.5) is 22.7 Å². The quantitative estimate of drug-likeness (QED) is 0.523. The highest BCUT2D eigenvalue weighted by molar-refractivity contribution is 6.01. The Kier molecular flexibility index (Phi) is 4.48. The fourth-order valence-corrected chi connectivity index (χ4v) is 2.59. The van der Waals surface area contributed by atoms with Crippen LogP contribution in [-0.4, -0.2) is 43.6 Å². The lowest BCUT2D eigenvalue weighted by atomic mass is 10.1. The van der Waals surface area contributed by atoms with Crippen LogP contribution in [0.25, 0.3) is 11.0 Å². The van der Waals surface area contributed by atoms with Gasteiger partial charge >= 0.3 is 5.69 Å². The van der Waals surface area contributed by atoms with Gasteiger partial charge in [0.25, 0.3) is 0 Å². The maximum absolute atomic E-state index is 11.5. The van der Waals surface area contributed by atoms with Crippen LogP contribution >= 0.6 is 0 Å². The van der Waals surface area contributed by atoms with E-state index in [1.807, 2.05) is 0 Å². The third-order valence-electron chi connectivity index (χ3n) is 3.83. The minimum atomic E-state index is -0.502. The zero-order valence-corrected chi connectivity index (χ0v) is 14.6. The number of ether oxygens (including phenoxy) is 2. The molecule has 0 atom stereocenters. The number of methoxy groups -OCH3 is 2. The summed E-state index contributed by atoms with van der Waals surface area (Å²) >= 11 is 0. The van der Waals surface area contributed by atoms with Crippen molar-refractivity contribution in [1.29, 1.82) is 0 Å².